The Labute approximate surface area is 133 Å². The van der Waals surface area contributed by atoms with Crippen molar-refractivity contribution in [2.75, 3.05) is 32.7 Å². The highest BCUT2D eigenvalue weighted by Gasteiger charge is 2.34. The minimum atomic E-state index is -0.354. The minimum absolute atomic E-state index is 0.00964. The maximum absolute atomic E-state index is 12.4. The van der Waals surface area contributed by atoms with Crippen molar-refractivity contribution >= 4 is 23.2 Å². The Hall–Kier alpha value is -1.44. The number of hydrogen-bond donors (Lipinski definition) is 1. The van der Waals surface area contributed by atoms with Gasteiger partial charge in [-0.25, -0.2) is 0 Å². The van der Waals surface area contributed by atoms with Gasteiger partial charge < -0.3 is 20.3 Å². The predicted molar refractivity (Wildman–Crippen MR) is 83.8 cm³/mol. The molecule has 2 aliphatic heterocycles. The van der Waals surface area contributed by atoms with E-state index < -0.39 is 0 Å². The van der Waals surface area contributed by atoms with Gasteiger partial charge in [-0.2, -0.15) is 11.3 Å². The molecule has 3 rings (SSSR count). The molecule has 0 spiro atoms. The van der Waals surface area contributed by atoms with Crippen LogP contribution in [0.4, 0.5) is 0 Å². The number of piperazine rings is 1. The molecule has 120 valence electrons. The smallest absolute Gasteiger partial charge is 0.254 e. The van der Waals surface area contributed by atoms with Crippen LogP contribution in [0.15, 0.2) is 16.8 Å². The third kappa shape index (κ3) is 3.16. The fourth-order valence-electron chi connectivity index (χ4n) is 2.96. The lowest BCUT2D eigenvalue weighted by atomic mass is 10.1. The summed E-state index contributed by atoms with van der Waals surface area (Å²) in [6.45, 7) is 2.76. The topological polar surface area (TPSA) is 75.9 Å². The van der Waals surface area contributed by atoms with Gasteiger partial charge in [0.2, 0.25) is 0 Å². The number of hydrogen-bond acceptors (Lipinski definition) is 5. The van der Waals surface area contributed by atoms with Gasteiger partial charge in [0.25, 0.3) is 11.8 Å². The summed E-state index contributed by atoms with van der Waals surface area (Å²) < 4.78 is 5.66. The van der Waals surface area contributed by atoms with Gasteiger partial charge in [-0.05, 0) is 24.3 Å². The summed E-state index contributed by atoms with van der Waals surface area (Å²) in [5.41, 5.74) is 6.31. The van der Waals surface area contributed by atoms with Crippen molar-refractivity contribution in [2.24, 2.45) is 5.73 Å². The van der Waals surface area contributed by atoms with Crippen LogP contribution in [0.3, 0.4) is 0 Å². The van der Waals surface area contributed by atoms with Crippen LogP contribution >= 0.6 is 11.3 Å². The Morgan fingerprint density at radius 2 is 1.95 bits per heavy atom. The van der Waals surface area contributed by atoms with E-state index >= 15 is 0 Å². The summed E-state index contributed by atoms with van der Waals surface area (Å²) >= 11 is 1.52. The highest BCUT2D eigenvalue weighted by atomic mass is 32.1. The Bertz CT molecular complexity index is 526. The summed E-state index contributed by atoms with van der Waals surface area (Å²) in [6.07, 6.45) is 1.25. The fourth-order valence-corrected chi connectivity index (χ4v) is 3.59. The Kier molecular flexibility index (Phi) is 4.75. The van der Waals surface area contributed by atoms with Crippen LogP contribution in [0.5, 0.6) is 0 Å². The number of amides is 2. The number of carbonyl (C=O) groups excluding carboxylic acids is 2. The Morgan fingerprint density at radius 1 is 1.23 bits per heavy atom. The second-order valence-electron chi connectivity index (χ2n) is 5.69. The summed E-state index contributed by atoms with van der Waals surface area (Å²) in [5.74, 6) is 0.0900. The third-order valence-electron chi connectivity index (χ3n) is 4.29. The van der Waals surface area contributed by atoms with E-state index in [9.17, 15) is 9.59 Å². The van der Waals surface area contributed by atoms with Crippen LogP contribution in [0, 0.1) is 0 Å². The lowest BCUT2D eigenvalue weighted by molar-refractivity contribution is -0.144. The average molecular weight is 323 g/mol. The van der Waals surface area contributed by atoms with Gasteiger partial charge in [-0.1, -0.05) is 0 Å². The molecular formula is C15H21N3O3S. The molecule has 0 aliphatic carbocycles. The lowest BCUT2D eigenvalue weighted by Gasteiger charge is -2.35. The van der Waals surface area contributed by atoms with E-state index in [0.717, 1.165) is 18.4 Å². The molecule has 0 unspecified atom stereocenters. The first kappa shape index (κ1) is 15.5. The number of rotatable bonds is 3. The number of nitrogens with zero attached hydrogens (tertiary/aromatic N) is 2. The van der Waals surface area contributed by atoms with E-state index in [4.69, 9.17) is 10.5 Å². The predicted octanol–water partition coefficient (Wildman–Crippen LogP) is 0.539. The molecular weight excluding hydrogens is 302 g/mol. The number of thiophene rings is 1. The highest BCUT2D eigenvalue weighted by Crippen LogP contribution is 2.21. The molecule has 2 aliphatic rings. The van der Waals surface area contributed by atoms with E-state index in [-0.39, 0.29) is 24.0 Å². The SMILES string of the molecule is NC[C@H]1CC[C@@H](C(=O)N2CCN(C(=O)c3ccsc3)CC2)O1. The molecule has 3 heterocycles. The van der Waals surface area contributed by atoms with Crippen LogP contribution in [0.2, 0.25) is 0 Å². The van der Waals surface area contributed by atoms with E-state index in [2.05, 4.69) is 0 Å². The average Bonchev–Trinajstić information content (AvgIpc) is 3.25. The molecule has 1 aromatic heterocycles. The van der Waals surface area contributed by atoms with Gasteiger partial charge >= 0.3 is 0 Å². The second-order valence-corrected chi connectivity index (χ2v) is 6.47. The van der Waals surface area contributed by atoms with E-state index in [1.165, 1.54) is 11.3 Å². The normalized spacial score (nSPS) is 25.5. The standard InChI is InChI=1S/C15H21N3O3S/c16-9-12-1-2-13(21-12)15(20)18-6-4-17(5-7-18)14(19)11-3-8-22-10-11/h3,8,10,12-13H,1-2,4-7,9,16H2/t12-,13+/m1/s1. The van der Waals surface area contributed by atoms with Crippen molar-refractivity contribution in [3.05, 3.63) is 22.4 Å². The molecule has 0 saturated carbocycles. The van der Waals surface area contributed by atoms with Gasteiger partial charge in [0, 0.05) is 38.1 Å². The monoisotopic (exact) mass is 323 g/mol. The Morgan fingerprint density at radius 3 is 2.55 bits per heavy atom. The van der Waals surface area contributed by atoms with Crippen LogP contribution in [0.1, 0.15) is 23.2 Å². The van der Waals surface area contributed by atoms with Crippen molar-refractivity contribution in [3.63, 3.8) is 0 Å². The molecule has 2 N–H and O–H groups in total. The number of nitrogens with two attached hydrogens (primary N) is 1. The first-order chi connectivity index (χ1) is 10.7. The molecule has 0 radical (unpaired) electrons. The Balaban J connectivity index is 1.51. The molecule has 2 amide bonds. The summed E-state index contributed by atoms with van der Waals surface area (Å²) in [7, 11) is 0. The molecule has 6 nitrogen and oxygen atoms in total. The summed E-state index contributed by atoms with van der Waals surface area (Å²) in [5, 5.41) is 3.76. The second kappa shape index (κ2) is 6.76. The number of ether oxygens (including phenoxy) is 1. The largest absolute Gasteiger partial charge is 0.364 e. The van der Waals surface area contributed by atoms with Crippen LogP contribution in [-0.2, 0) is 9.53 Å². The maximum atomic E-state index is 12.4. The van der Waals surface area contributed by atoms with Crippen molar-refractivity contribution in [3.8, 4) is 0 Å². The van der Waals surface area contributed by atoms with Crippen molar-refractivity contribution in [1.29, 1.82) is 0 Å². The molecule has 2 fully saturated rings. The summed E-state index contributed by atoms with van der Waals surface area (Å²) in [6, 6.07) is 1.84. The van der Waals surface area contributed by atoms with Gasteiger partial charge in [-0.15, -0.1) is 0 Å². The van der Waals surface area contributed by atoms with Crippen molar-refractivity contribution < 1.29 is 14.3 Å². The quantitative estimate of drug-likeness (QED) is 0.881. The van der Waals surface area contributed by atoms with Gasteiger partial charge in [0.1, 0.15) is 6.10 Å². The molecule has 1 aromatic rings. The zero-order chi connectivity index (χ0) is 15.5. The lowest BCUT2D eigenvalue weighted by Crippen LogP contribution is -2.52. The fraction of sp³-hybridized carbons (Fsp3) is 0.600. The molecule has 0 bridgehead atoms. The maximum Gasteiger partial charge on any atom is 0.254 e. The van der Waals surface area contributed by atoms with Crippen LogP contribution in [0.25, 0.3) is 0 Å². The van der Waals surface area contributed by atoms with Crippen molar-refractivity contribution in [2.45, 2.75) is 25.0 Å². The molecule has 2 atom stereocenters. The van der Waals surface area contributed by atoms with Crippen molar-refractivity contribution in [1.82, 2.24) is 9.80 Å². The zero-order valence-electron chi connectivity index (χ0n) is 12.4. The van der Waals surface area contributed by atoms with Crippen LogP contribution < -0.4 is 5.73 Å². The van der Waals surface area contributed by atoms with E-state index in [0.29, 0.717) is 32.7 Å². The van der Waals surface area contributed by atoms with Gasteiger partial charge in [-0.3, -0.25) is 9.59 Å². The first-order valence-electron chi connectivity index (χ1n) is 7.65. The summed E-state index contributed by atoms with van der Waals surface area (Å²) in [4.78, 5) is 28.3. The van der Waals surface area contributed by atoms with Gasteiger partial charge in [0.05, 0.1) is 11.7 Å². The first-order valence-corrected chi connectivity index (χ1v) is 8.59. The molecule has 0 aromatic carbocycles. The molecule has 7 heteroatoms. The molecule has 22 heavy (non-hydrogen) atoms. The van der Waals surface area contributed by atoms with E-state index in [1.807, 2.05) is 21.7 Å². The third-order valence-corrected chi connectivity index (χ3v) is 4.98. The number of carbonyl (C=O) groups is 2. The zero-order valence-corrected chi connectivity index (χ0v) is 13.3. The van der Waals surface area contributed by atoms with Gasteiger partial charge in [0.15, 0.2) is 0 Å². The van der Waals surface area contributed by atoms with E-state index in [1.54, 1.807) is 4.90 Å². The van der Waals surface area contributed by atoms with Crippen LogP contribution in [-0.4, -0.2) is 66.5 Å². The minimum Gasteiger partial charge on any atom is -0.364 e. The highest BCUT2D eigenvalue weighted by molar-refractivity contribution is 7.08. The molecule has 2 saturated heterocycles.